The molecule has 27 heavy (non-hydrogen) atoms. The van der Waals surface area contributed by atoms with Crippen LogP contribution in [0.4, 0.5) is 19.0 Å². The zero-order valence-electron chi connectivity index (χ0n) is 15.3. The van der Waals surface area contributed by atoms with E-state index in [2.05, 4.69) is 9.97 Å². The predicted molar refractivity (Wildman–Crippen MR) is 97.7 cm³/mol. The van der Waals surface area contributed by atoms with E-state index in [1.165, 1.54) is 12.2 Å². The van der Waals surface area contributed by atoms with Crippen LogP contribution in [0.5, 0.6) is 0 Å². The van der Waals surface area contributed by atoms with Crippen molar-refractivity contribution in [1.29, 1.82) is 0 Å². The molecule has 0 radical (unpaired) electrons. The summed E-state index contributed by atoms with van der Waals surface area (Å²) >= 11 is 0. The minimum absolute atomic E-state index is 0.0546. The van der Waals surface area contributed by atoms with Crippen molar-refractivity contribution >= 4 is 5.82 Å². The Morgan fingerprint density at radius 1 is 1.33 bits per heavy atom. The molecule has 0 aromatic carbocycles. The third-order valence-corrected chi connectivity index (χ3v) is 4.96. The Morgan fingerprint density at radius 3 is 2.67 bits per heavy atom. The van der Waals surface area contributed by atoms with Crippen LogP contribution >= 0.6 is 0 Å². The van der Waals surface area contributed by atoms with Crippen LogP contribution in [0.2, 0.25) is 0 Å². The Kier molecular flexibility index (Phi) is 5.18. The molecule has 2 aliphatic rings. The fourth-order valence-electron chi connectivity index (χ4n) is 3.44. The molecule has 9 heteroatoms. The van der Waals surface area contributed by atoms with Gasteiger partial charge in [0.15, 0.2) is 5.82 Å². The zero-order chi connectivity index (χ0) is 19.8. The summed E-state index contributed by atoms with van der Waals surface area (Å²) in [7, 11) is 0. The van der Waals surface area contributed by atoms with Gasteiger partial charge in [0, 0.05) is 43.0 Å². The van der Waals surface area contributed by atoms with E-state index in [1.54, 1.807) is 0 Å². The van der Waals surface area contributed by atoms with Crippen molar-refractivity contribution in [3.8, 4) is 0 Å². The molecule has 2 heterocycles. The van der Waals surface area contributed by atoms with Crippen LogP contribution in [0, 0.1) is 0 Å². The third-order valence-electron chi connectivity index (χ3n) is 4.96. The standard InChI is InChI=1S/C18H25F3N6/c1-2-3-12-8-15(27-7-5-11(22)10-27)26-16(25-12)17(24)6-4-14(23)13(9-17)18(19,20)21/h4,6,8,11H,2-3,5,7,9-10,22-24H2,1H3. The molecule has 1 aromatic rings. The number of nitrogens with zero attached hydrogens (tertiary/aromatic N) is 3. The van der Waals surface area contributed by atoms with Crippen molar-refractivity contribution in [2.45, 2.75) is 50.4 Å². The van der Waals surface area contributed by atoms with Crippen molar-refractivity contribution in [1.82, 2.24) is 9.97 Å². The molecule has 148 valence electrons. The van der Waals surface area contributed by atoms with E-state index in [-0.39, 0.29) is 17.6 Å². The fourth-order valence-corrected chi connectivity index (χ4v) is 3.44. The molecule has 2 unspecified atom stereocenters. The van der Waals surface area contributed by atoms with E-state index in [1.807, 2.05) is 17.9 Å². The predicted octanol–water partition coefficient (Wildman–Crippen LogP) is 1.86. The first kappa shape index (κ1) is 19.6. The second kappa shape index (κ2) is 7.12. The van der Waals surface area contributed by atoms with Gasteiger partial charge in [0.05, 0.1) is 11.1 Å². The van der Waals surface area contributed by atoms with E-state index >= 15 is 0 Å². The smallest absolute Gasteiger partial charge is 0.399 e. The molecule has 0 bridgehead atoms. The number of anilines is 1. The maximum Gasteiger partial charge on any atom is 0.414 e. The van der Waals surface area contributed by atoms with E-state index in [4.69, 9.17) is 17.2 Å². The summed E-state index contributed by atoms with van der Waals surface area (Å²) in [6, 6.07) is 1.93. The first-order chi connectivity index (χ1) is 12.6. The van der Waals surface area contributed by atoms with Crippen molar-refractivity contribution < 1.29 is 13.2 Å². The normalized spacial score (nSPS) is 26.1. The quantitative estimate of drug-likeness (QED) is 0.734. The lowest BCUT2D eigenvalue weighted by Gasteiger charge is -2.31. The number of rotatable bonds is 4. The highest BCUT2D eigenvalue weighted by molar-refractivity contribution is 5.45. The van der Waals surface area contributed by atoms with Gasteiger partial charge in [-0.3, -0.25) is 0 Å². The van der Waals surface area contributed by atoms with Gasteiger partial charge in [0.25, 0.3) is 0 Å². The van der Waals surface area contributed by atoms with Crippen molar-refractivity contribution in [2.75, 3.05) is 18.0 Å². The number of nitrogens with two attached hydrogens (primary N) is 3. The second-order valence-corrected chi connectivity index (χ2v) is 7.27. The molecule has 3 rings (SSSR count). The number of allylic oxidation sites excluding steroid dienone is 1. The molecular formula is C18H25F3N6. The van der Waals surface area contributed by atoms with Crippen LogP contribution in [0.15, 0.2) is 29.5 Å². The van der Waals surface area contributed by atoms with Gasteiger partial charge in [-0.1, -0.05) is 19.4 Å². The van der Waals surface area contributed by atoms with Crippen LogP contribution in [0.3, 0.4) is 0 Å². The summed E-state index contributed by atoms with van der Waals surface area (Å²) in [6.45, 7) is 3.41. The van der Waals surface area contributed by atoms with Gasteiger partial charge in [-0.25, -0.2) is 9.97 Å². The minimum Gasteiger partial charge on any atom is -0.399 e. The summed E-state index contributed by atoms with van der Waals surface area (Å²) in [5, 5.41) is 0. The fraction of sp³-hybridized carbons (Fsp3) is 0.556. The second-order valence-electron chi connectivity index (χ2n) is 7.27. The number of halogens is 3. The van der Waals surface area contributed by atoms with Gasteiger partial charge in [0.1, 0.15) is 5.82 Å². The highest BCUT2D eigenvalue weighted by Crippen LogP contribution is 2.39. The van der Waals surface area contributed by atoms with Crippen LogP contribution < -0.4 is 22.1 Å². The number of alkyl halides is 3. The Morgan fingerprint density at radius 2 is 2.07 bits per heavy atom. The van der Waals surface area contributed by atoms with E-state index in [9.17, 15) is 13.2 Å². The van der Waals surface area contributed by atoms with E-state index in [0.717, 1.165) is 25.1 Å². The molecule has 1 aromatic heterocycles. The topological polar surface area (TPSA) is 107 Å². The maximum absolute atomic E-state index is 13.3. The van der Waals surface area contributed by atoms with Crippen LogP contribution in [-0.2, 0) is 12.0 Å². The lowest BCUT2D eigenvalue weighted by atomic mass is 9.85. The maximum atomic E-state index is 13.3. The average Bonchev–Trinajstić information content (AvgIpc) is 3.03. The third kappa shape index (κ3) is 4.08. The molecule has 0 saturated carbocycles. The molecule has 6 nitrogen and oxygen atoms in total. The van der Waals surface area contributed by atoms with Gasteiger partial charge in [-0.15, -0.1) is 0 Å². The molecule has 1 fully saturated rings. The zero-order valence-corrected chi connectivity index (χ0v) is 15.3. The summed E-state index contributed by atoms with van der Waals surface area (Å²) < 4.78 is 40.0. The average molecular weight is 382 g/mol. The molecule has 1 aliphatic heterocycles. The van der Waals surface area contributed by atoms with Crippen LogP contribution in [-0.4, -0.2) is 35.3 Å². The highest BCUT2D eigenvalue weighted by Gasteiger charge is 2.43. The number of hydrogen-bond donors (Lipinski definition) is 3. The summed E-state index contributed by atoms with van der Waals surface area (Å²) in [5.41, 5.74) is 16.0. The van der Waals surface area contributed by atoms with E-state index < -0.39 is 23.7 Å². The monoisotopic (exact) mass is 382 g/mol. The number of aromatic nitrogens is 2. The van der Waals surface area contributed by atoms with Gasteiger partial charge >= 0.3 is 6.18 Å². The Hall–Kier alpha value is -2.13. The Bertz CT molecular complexity index is 773. The van der Waals surface area contributed by atoms with Gasteiger partial charge < -0.3 is 22.1 Å². The van der Waals surface area contributed by atoms with Gasteiger partial charge in [-0.05, 0) is 18.9 Å². The van der Waals surface area contributed by atoms with Crippen molar-refractivity contribution in [3.05, 3.63) is 41.0 Å². The summed E-state index contributed by atoms with van der Waals surface area (Å²) in [4.78, 5) is 11.0. The summed E-state index contributed by atoms with van der Waals surface area (Å²) in [5.74, 6) is 0.833. The first-order valence-corrected chi connectivity index (χ1v) is 9.05. The summed E-state index contributed by atoms with van der Waals surface area (Å²) in [6.07, 6.45) is -0.00243. The first-order valence-electron chi connectivity index (χ1n) is 9.05. The molecule has 1 aliphatic carbocycles. The largest absolute Gasteiger partial charge is 0.414 e. The van der Waals surface area contributed by atoms with Gasteiger partial charge in [0.2, 0.25) is 0 Å². The Labute approximate surface area is 156 Å². The lowest BCUT2D eigenvalue weighted by molar-refractivity contribution is -0.0964. The Balaban J connectivity index is 2.00. The van der Waals surface area contributed by atoms with Crippen LogP contribution in [0.1, 0.15) is 37.7 Å². The molecule has 2 atom stereocenters. The van der Waals surface area contributed by atoms with Crippen molar-refractivity contribution in [2.24, 2.45) is 17.2 Å². The molecule has 0 spiro atoms. The van der Waals surface area contributed by atoms with Crippen LogP contribution in [0.25, 0.3) is 0 Å². The highest BCUT2D eigenvalue weighted by atomic mass is 19.4. The van der Waals surface area contributed by atoms with E-state index in [0.29, 0.717) is 18.8 Å². The number of aryl methyl sites for hydroxylation is 1. The molecule has 1 saturated heterocycles. The lowest BCUT2D eigenvalue weighted by Crippen LogP contribution is -2.42. The van der Waals surface area contributed by atoms with Gasteiger partial charge in [-0.2, -0.15) is 13.2 Å². The molecule has 6 N–H and O–H groups in total. The SMILES string of the molecule is CCCc1cc(N2CCC(N)C2)nc(C2(N)C=CC(N)=C(C(F)(F)F)C2)n1. The molecule has 0 amide bonds. The van der Waals surface area contributed by atoms with Crippen molar-refractivity contribution in [3.63, 3.8) is 0 Å². The molecular weight excluding hydrogens is 357 g/mol. The number of hydrogen-bond acceptors (Lipinski definition) is 6. The minimum atomic E-state index is -4.55.